The zero-order chi connectivity index (χ0) is 24.5. The van der Waals surface area contributed by atoms with Gasteiger partial charge in [0.1, 0.15) is 5.69 Å². The van der Waals surface area contributed by atoms with Crippen LogP contribution in [0.2, 0.25) is 0 Å². The first-order valence-corrected chi connectivity index (χ1v) is 12.7. The van der Waals surface area contributed by atoms with Gasteiger partial charge in [0.25, 0.3) is 0 Å². The Kier molecular flexibility index (Phi) is 5.74. The number of aromatic nitrogens is 6. The highest BCUT2D eigenvalue weighted by atomic mass is 32.1. The number of fused-ring (bicyclic) bond motifs is 2. The number of H-pyrrole nitrogens is 2. The standard InChI is InChI=1S/C27H23N7OS/c1-2-3-6-23(35)30-18-12-17(14-28-15-18)16-7-8-21-20(13-16)25(34-33-21)27-31-24-19(22-5-4-11-36-22)9-10-29-26(24)32-27/h4-5,7-15H,2-3,6H2,1H3,(H,30,35)(H,33,34)(H,29,31,32). The molecule has 178 valence electrons. The minimum absolute atomic E-state index is 0.00351. The lowest BCUT2D eigenvalue weighted by atomic mass is 10.0. The van der Waals surface area contributed by atoms with Gasteiger partial charge in [0.05, 0.1) is 22.9 Å². The molecule has 0 saturated carbocycles. The van der Waals surface area contributed by atoms with E-state index in [1.54, 1.807) is 29.9 Å². The summed E-state index contributed by atoms with van der Waals surface area (Å²) >= 11 is 1.68. The average molecular weight is 494 g/mol. The number of nitrogens with zero attached hydrogens (tertiary/aromatic N) is 4. The Bertz CT molecular complexity index is 1680. The van der Waals surface area contributed by atoms with Crippen molar-refractivity contribution in [1.82, 2.24) is 30.1 Å². The second kappa shape index (κ2) is 9.35. The number of anilines is 1. The van der Waals surface area contributed by atoms with Crippen LogP contribution in [-0.4, -0.2) is 36.0 Å². The van der Waals surface area contributed by atoms with Crippen molar-refractivity contribution in [2.24, 2.45) is 0 Å². The largest absolute Gasteiger partial charge is 0.335 e. The van der Waals surface area contributed by atoms with E-state index < -0.39 is 0 Å². The first-order chi connectivity index (χ1) is 17.7. The number of hydrogen-bond acceptors (Lipinski definition) is 6. The number of rotatable bonds is 7. The summed E-state index contributed by atoms with van der Waals surface area (Å²) in [5.74, 6) is 0.656. The van der Waals surface area contributed by atoms with Crippen molar-refractivity contribution in [1.29, 1.82) is 0 Å². The van der Waals surface area contributed by atoms with Crippen LogP contribution in [0.4, 0.5) is 5.69 Å². The average Bonchev–Trinajstić information content (AvgIpc) is 3.66. The summed E-state index contributed by atoms with van der Waals surface area (Å²) in [4.78, 5) is 30.3. The number of carbonyl (C=O) groups excluding carboxylic acids is 1. The van der Waals surface area contributed by atoms with E-state index >= 15 is 0 Å². The van der Waals surface area contributed by atoms with E-state index in [2.05, 4.69) is 54.9 Å². The lowest BCUT2D eigenvalue weighted by Crippen LogP contribution is -2.11. The van der Waals surface area contributed by atoms with E-state index in [4.69, 9.17) is 4.98 Å². The van der Waals surface area contributed by atoms with E-state index in [9.17, 15) is 4.79 Å². The SMILES string of the molecule is CCCCC(=O)Nc1cncc(-c2ccc3[nH]nc(-c4nc5nccc(-c6cccs6)c5[nH]4)c3c2)c1. The number of nitrogens with one attached hydrogen (secondary N) is 3. The highest BCUT2D eigenvalue weighted by molar-refractivity contribution is 7.13. The van der Waals surface area contributed by atoms with Gasteiger partial charge in [-0.05, 0) is 47.7 Å². The van der Waals surface area contributed by atoms with Crippen LogP contribution in [0.25, 0.3) is 55.2 Å². The Hall–Kier alpha value is -4.37. The normalized spacial score (nSPS) is 11.4. The molecule has 36 heavy (non-hydrogen) atoms. The van der Waals surface area contributed by atoms with Crippen LogP contribution in [0.5, 0.6) is 0 Å². The zero-order valence-electron chi connectivity index (χ0n) is 19.6. The molecule has 8 nitrogen and oxygen atoms in total. The van der Waals surface area contributed by atoms with Gasteiger partial charge in [0.2, 0.25) is 5.91 Å². The molecule has 5 heterocycles. The van der Waals surface area contributed by atoms with Gasteiger partial charge in [-0.3, -0.25) is 14.9 Å². The van der Waals surface area contributed by atoms with Crippen LogP contribution in [0.1, 0.15) is 26.2 Å². The van der Waals surface area contributed by atoms with Crippen LogP contribution >= 0.6 is 11.3 Å². The molecule has 0 aliphatic heterocycles. The number of aromatic amines is 2. The molecule has 0 aliphatic carbocycles. The van der Waals surface area contributed by atoms with E-state index in [1.807, 2.05) is 30.3 Å². The maximum Gasteiger partial charge on any atom is 0.224 e. The maximum atomic E-state index is 12.2. The number of unbranched alkanes of at least 4 members (excludes halogenated alkanes) is 1. The number of pyridine rings is 2. The van der Waals surface area contributed by atoms with Crippen LogP contribution in [0.15, 0.2) is 66.4 Å². The Morgan fingerprint density at radius 2 is 2.06 bits per heavy atom. The molecular formula is C27H23N7OS. The smallest absolute Gasteiger partial charge is 0.224 e. The number of amides is 1. The second-order valence-electron chi connectivity index (χ2n) is 8.57. The van der Waals surface area contributed by atoms with Gasteiger partial charge in [-0.15, -0.1) is 11.3 Å². The van der Waals surface area contributed by atoms with E-state index in [0.717, 1.165) is 56.5 Å². The topological polar surface area (TPSA) is 112 Å². The van der Waals surface area contributed by atoms with Crippen molar-refractivity contribution in [3.63, 3.8) is 0 Å². The number of imidazole rings is 1. The third-order valence-electron chi connectivity index (χ3n) is 6.08. The minimum Gasteiger partial charge on any atom is -0.335 e. The molecule has 9 heteroatoms. The molecule has 0 unspecified atom stereocenters. The Morgan fingerprint density at radius 3 is 2.92 bits per heavy atom. The minimum atomic E-state index is 0.00351. The first kappa shape index (κ1) is 22.1. The van der Waals surface area contributed by atoms with Crippen molar-refractivity contribution in [3.8, 4) is 33.1 Å². The molecule has 0 aliphatic rings. The Balaban J connectivity index is 1.37. The summed E-state index contributed by atoms with van der Waals surface area (Å²) in [5.41, 5.74) is 6.79. The van der Waals surface area contributed by atoms with Gasteiger partial charge in [-0.2, -0.15) is 5.10 Å². The summed E-state index contributed by atoms with van der Waals surface area (Å²) in [6.07, 6.45) is 7.60. The summed E-state index contributed by atoms with van der Waals surface area (Å²) in [7, 11) is 0. The Labute approximate surface area is 210 Å². The third-order valence-corrected chi connectivity index (χ3v) is 6.98. The number of thiophene rings is 1. The van der Waals surface area contributed by atoms with Crippen LogP contribution in [0, 0.1) is 0 Å². The van der Waals surface area contributed by atoms with Gasteiger partial charge in [0, 0.05) is 40.2 Å². The van der Waals surface area contributed by atoms with Crippen molar-refractivity contribution in [3.05, 3.63) is 66.4 Å². The first-order valence-electron chi connectivity index (χ1n) is 11.8. The highest BCUT2D eigenvalue weighted by Crippen LogP contribution is 2.34. The highest BCUT2D eigenvalue weighted by Gasteiger charge is 2.17. The summed E-state index contributed by atoms with van der Waals surface area (Å²) in [5, 5.41) is 13.6. The van der Waals surface area contributed by atoms with Crippen molar-refractivity contribution in [2.75, 3.05) is 5.32 Å². The summed E-state index contributed by atoms with van der Waals surface area (Å²) in [6, 6.07) is 14.1. The molecule has 1 aromatic carbocycles. The lowest BCUT2D eigenvalue weighted by Gasteiger charge is -2.07. The van der Waals surface area contributed by atoms with Gasteiger partial charge in [-0.1, -0.05) is 25.5 Å². The predicted molar refractivity (Wildman–Crippen MR) is 144 cm³/mol. The fourth-order valence-electron chi connectivity index (χ4n) is 4.26. The predicted octanol–water partition coefficient (Wildman–Crippen LogP) is 6.42. The molecule has 6 rings (SSSR count). The van der Waals surface area contributed by atoms with Crippen LogP contribution < -0.4 is 5.32 Å². The van der Waals surface area contributed by atoms with Crippen molar-refractivity contribution < 1.29 is 4.79 Å². The fraction of sp³-hybridized carbons (Fsp3) is 0.148. The third kappa shape index (κ3) is 4.14. The molecule has 6 aromatic rings. The van der Waals surface area contributed by atoms with E-state index in [0.29, 0.717) is 23.6 Å². The number of carbonyl (C=O) groups is 1. The zero-order valence-corrected chi connectivity index (χ0v) is 20.4. The van der Waals surface area contributed by atoms with Crippen LogP contribution in [-0.2, 0) is 4.79 Å². The molecule has 1 amide bonds. The quantitative estimate of drug-likeness (QED) is 0.237. The fourth-order valence-corrected chi connectivity index (χ4v) is 5.02. The maximum absolute atomic E-state index is 12.2. The van der Waals surface area contributed by atoms with E-state index in [1.165, 1.54) is 0 Å². The van der Waals surface area contributed by atoms with Crippen molar-refractivity contribution >= 4 is 45.0 Å². The molecule has 0 fully saturated rings. The van der Waals surface area contributed by atoms with E-state index in [-0.39, 0.29) is 5.91 Å². The number of benzene rings is 1. The van der Waals surface area contributed by atoms with Gasteiger partial charge >= 0.3 is 0 Å². The monoisotopic (exact) mass is 493 g/mol. The molecule has 0 spiro atoms. The Morgan fingerprint density at radius 1 is 1.11 bits per heavy atom. The molecule has 0 atom stereocenters. The second-order valence-corrected chi connectivity index (χ2v) is 9.51. The van der Waals surface area contributed by atoms with Crippen molar-refractivity contribution in [2.45, 2.75) is 26.2 Å². The lowest BCUT2D eigenvalue weighted by molar-refractivity contribution is -0.116. The van der Waals surface area contributed by atoms with Crippen LogP contribution in [0.3, 0.4) is 0 Å². The molecule has 5 aromatic heterocycles. The molecule has 3 N–H and O–H groups in total. The molecule has 0 saturated heterocycles. The molecule has 0 bridgehead atoms. The van der Waals surface area contributed by atoms with Gasteiger partial charge in [0.15, 0.2) is 11.5 Å². The summed E-state index contributed by atoms with van der Waals surface area (Å²) < 4.78 is 0. The number of hydrogen-bond donors (Lipinski definition) is 3. The van der Waals surface area contributed by atoms with Gasteiger partial charge in [-0.25, -0.2) is 9.97 Å². The van der Waals surface area contributed by atoms with Gasteiger partial charge < -0.3 is 10.3 Å². The molecular weight excluding hydrogens is 470 g/mol. The molecule has 0 radical (unpaired) electrons. The summed E-state index contributed by atoms with van der Waals surface area (Å²) in [6.45, 7) is 2.07.